The predicted molar refractivity (Wildman–Crippen MR) is 79.5 cm³/mol. The summed E-state index contributed by atoms with van der Waals surface area (Å²) < 4.78 is 5.41. The van der Waals surface area contributed by atoms with Crippen LogP contribution < -0.4 is 10.5 Å². The summed E-state index contributed by atoms with van der Waals surface area (Å²) in [6.07, 6.45) is 3.89. The lowest BCUT2D eigenvalue weighted by Crippen LogP contribution is -2.30. The number of carbonyl (C=O) groups excluding carboxylic acids is 1. The fourth-order valence-corrected chi connectivity index (χ4v) is 2.62. The first-order chi connectivity index (χ1) is 9.61. The molecule has 1 fully saturated rings. The monoisotopic (exact) mass is 276 g/mol. The van der Waals surface area contributed by atoms with Gasteiger partial charge in [0.25, 0.3) is 0 Å². The maximum Gasteiger partial charge on any atom is 0.222 e. The molecule has 1 aliphatic heterocycles. The van der Waals surface area contributed by atoms with Crippen LogP contribution in [0, 0.1) is 0 Å². The quantitative estimate of drug-likeness (QED) is 0.919. The van der Waals surface area contributed by atoms with Gasteiger partial charge in [0, 0.05) is 31.1 Å². The van der Waals surface area contributed by atoms with Crippen LogP contribution in [-0.4, -0.2) is 24.5 Å². The van der Waals surface area contributed by atoms with E-state index in [1.165, 1.54) is 0 Å². The van der Waals surface area contributed by atoms with Crippen LogP contribution in [-0.2, 0) is 11.3 Å². The van der Waals surface area contributed by atoms with Crippen molar-refractivity contribution in [1.82, 2.24) is 4.90 Å². The minimum absolute atomic E-state index is 0.0144. The molecular weight excluding hydrogens is 252 g/mol. The van der Waals surface area contributed by atoms with E-state index in [1.54, 1.807) is 7.11 Å². The van der Waals surface area contributed by atoms with Crippen molar-refractivity contribution in [3.63, 3.8) is 0 Å². The van der Waals surface area contributed by atoms with Crippen molar-refractivity contribution >= 4 is 5.91 Å². The summed E-state index contributed by atoms with van der Waals surface area (Å²) in [6, 6.07) is 5.97. The molecule has 1 aromatic rings. The fourth-order valence-electron chi connectivity index (χ4n) is 2.62. The van der Waals surface area contributed by atoms with Crippen LogP contribution in [0.15, 0.2) is 18.2 Å². The van der Waals surface area contributed by atoms with Crippen molar-refractivity contribution in [3.05, 3.63) is 29.3 Å². The van der Waals surface area contributed by atoms with Gasteiger partial charge in [-0.15, -0.1) is 0 Å². The molecule has 0 saturated carbocycles. The molecule has 1 aliphatic rings. The van der Waals surface area contributed by atoms with Crippen LogP contribution in [0.25, 0.3) is 0 Å². The molecule has 110 valence electrons. The highest BCUT2D eigenvalue weighted by molar-refractivity contribution is 5.76. The standard InChI is InChI=1S/C16H24N2O2/c1-12(17)13-7-8-15(20-2)14(10-13)11-18-9-5-3-4-6-16(18)19/h7-8,10,12H,3-6,9,11,17H2,1-2H3. The second kappa shape index (κ2) is 6.75. The lowest BCUT2D eigenvalue weighted by atomic mass is 10.0. The van der Waals surface area contributed by atoms with Gasteiger partial charge in [-0.1, -0.05) is 12.5 Å². The molecule has 1 unspecified atom stereocenters. The Labute approximate surface area is 120 Å². The van der Waals surface area contributed by atoms with Crippen molar-refractivity contribution in [3.8, 4) is 5.75 Å². The highest BCUT2D eigenvalue weighted by Gasteiger charge is 2.18. The fraction of sp³-hybridized carbons (Fsp3) is 0.562. The lowest BCUT2D eigenvalue weighted by Gasteiger charge is -2.22. The molecule has 20 heavy (non-hydrogen) atoms. The Kier molecular flexibility index (Phi) is 5.01. The molecule has 1 aromatic carbocycles. The molecule has 1 saturated heterocycles. The molecule has 0 spiro atoms. The van der Waals surface area contributed by atoms with Gasteiger partial charge < -0.3 is 15.4 Å². The summed E-state index contributed by atoms with van der Waals surface area (Å²) in [7, 11) is 1.66. The highest BCUT2D eigenvalue weighted by Crippen LogP contribution is 2.25. The first-order valence-electron chi connectivity index (χ1n) is 7.32. The van der Waals surface area contributed by atoms with Crippen LogP contribution in [0.1, 0.15) is 49.8 Å². The average Bonchev–Trinajstić information content (AvgIpc) is 2.64. The van der Waals surface area contributed by atoms with E-state index in [9.17, 15) is 4.79 Å². The van der Waals surface area contributed by atoms with Crippen LogP contribution in [0.5, 0.6) is 5.75 Å². The van der Waals surface area contributed by atoms with Crippen molar-refractivity contribution in [2.45, 2.75) is 45.2 Å². The topological polar surface area (TPSA) is 55.6 Å². The summed E-state index contributed by atoms with van der Waals surface area (Å²) in [5, 5.41) is 0. The first kappa shape index (κ1) is 14.9. The van der Waals surface area contributed by atoms with E-state index >= 15 is 0 Å². The van der Waals surface area contributed by atoms with Gasteiger partial charge in [-0.25, -0.2) is 0 Å². The zero-order chi connectivity index (χ0) is 14.5. The van der Waals surface area contributed by atoms with Gasteiger partial charge >= 0.3 is 0 Å². The van der Waals surface area contributed by atoms with Gasteiger partial charge in [0.15, 0.2) is 0 Å². The van der Waals surface area contributed by atoms with E-state index in [1.807, 2.05) is 24.0 Å². The number of rotatable bonds is 4. The smallest absolute Gasteiger partial charge is 0.222 e. The molecule has 1 amide bonds. The van der Waals surface area contributed by atoms with Crippen LogP contribution in [0.2, 0.25) is 0 Å². The van der Waals surface area contributed by atoms with E-state index in [4.69, 9.17) is 10.5 Å². The maximum absolute atomic E-state index is 12.1. The van der Waals surface area contributed by atoms with E-state index in [0.29, 0.717) is 13.0 Å². The summed E-state index contributed by atoms with van der Waals surface area (Å²) in [5.74, 6) is 1.07. The maximum atomic E-state index is 12.1. The molecule has 0 bridgehead atoms. The van der Waals surface area contributed by atoms with E-state index in [-0.39, 0.29) is 11.9 Å². The van der Waals surface area contributed by atoms with Crippen LogP contribution >= 0.6 is 0 Å². The van der Waals surface area contributed by atoms with E-state index < -0.39 is 0 Å². The third kappa shape index (κ3) is 3.51. The molecule has 2 rings (SSSR count). The Morgan fingerprint density at radius 2 is 2.15 bits per heavy atom. The molecule has 4 heteroatoms. The van der Waals surface area contributed by atoms with Gasteiger partial charge in [0.2, 0.25) is 5.91 Å². The highest BCUT2D eigenvalue weighted by atomic mass is 16.5. The molecule has 4 nitrogen and oxygen atoms in total. The lowest BCUT2D eigenvalue weighted by molar-refractivity contribution is -0.131. The molecule has 1 heterocycles. The largest absolute Gasteiger partial charge is 0.496 e. The molecule has 1 atom stereocenters. The molecule has 2 N–H and O–H groups in total. The summed E-state index contributed by atoms with van der Waals surface area (Å²) in [6.45, 7) is 3.41. The predicted octanol–water partition coefficient (Wildman–Crippen LogP) is 2.62. The van der Waals surface area contributed by atoms with Crippen molar-refractivity contribution < 1.29 is 9.53 Å². The van der Waals surface area contributed by atoms with E-state index in [0.717, 1.165) is 42.7 Å². The Morgan fingerprint density at radius 1 is 1.35 bits per heavy atom. The molecule has 0 radical (unpaired) electrons. The number of hydrogen-bond acceptors (Lipinski definition) is 3. The molecular formula is C16H24N2O2. The number of nitrogens with two attached hydrogens (primary N) is 1. The second-order valence-electron chi connectivity index (χ2n) is 5.49. The number of benzene rings is 1. The van der Waals surface area contributed by atoms with Crippen LogP contribution in [0.3, 0.4) is 0 Å². The van der Waals surface area contributed by atoms with Crippen LogP contribution in [0.4, 0.5) is 0 Å². The number of methoxy groups -OCH3 is 1. The van der Waals surface area contributed by atoms with Crippen molar-refractivity contribution in [2.75, 3.05) is 13.7 Å². The molecule has 0 aliphatic carbocycles. The Morgan fingerprint density at radius 3 is 2.85 bits per heavy atom. The number of hydrogen-bond donors (Lipinski definition) is 1. The number of nitrogens with zero attached hydrogens (tertiary/aromatic N) is 1. The summed E-state index contributed by atoms with van der Waals surface area (Å²) in [5.41, 5.74) is 8.05. The van der Waals surface area contributed by atoms with Gasteiger partial charge in [-0.05, 0) is 37.5 Å². The third-order valence-electron chi connectivity index (χ3n) is 3.86. The Bertz CT molecular complexity index is 472. The minimum Gasteiger partial charge on any atom is -0.496 e. The number of ether oxygens (including phenoxy) is 1. The molecule has 0 aromatic heterocycles. The van der Waals surface area contributed by atoms with Crippen molar-refractivity contribution in [1.29, 1.82) is 0 Å². The first-order valence-corrected chi connectivity index (χ1v) is 7.32. The summed E-state index contributed by atoms with van der Waals surface area (Å²) in [4.78, 5) is 14.0. The van der Waals surface area contributed by atoms with Gasteiger partial charge in [0.1, 0.15) is 5.75 Å². The number of amides is 1. The minimum atomic E-state index is -0.0144. The Balaban J connectivity index is 2.21. The van der Waals surface area contributed by atoms with E-state index in [2.05, 4.69) is 6.07 Å². The average molecular weight is 276 g/mol. The summed E-state index contributed by atoms with van der Waals surface area (Å²) >= 11 is 0. The van der Waals surface area contributed by atoms with Gasteiger partial charge in [-0.3, -0.25) is 4.79 Å². The zero-order valence-corrected chi connectivity index (χ0v) is 12.4. The second-order valence-corrected chi connectivity index (χ2v) is 5.49. The van der Waals surface area contributed by atoms with Gasteiger partial charge in [0.05, 0.1) is 7.11 Å². The number of carbonyl (C=O) groups is 1. The van der Waals surface area contributed by atoms with Crippen molar-refractivity contribution in [2.24, 2.45) is 5.73 Å². The Hall–Kier alpha value is -1.55. The third-order valence-corrected chi connectivity index (χ3v) is 3.86. The SMILES string of the molecule is COc1ccc(C(C)N)cc1CN1CCCCCC1=O. The van der Waals surface area contributed by atoms with Gasteiger partial charge in [-0.2, -0.15) is 0 Å². The zero-order valence-electron chi connectivity index (χ0n) is 12.4. The normalized spacial score (nSPS) is 17.8. The number of likely N-dealkylation sites (tertiary alicyclic amines) is 1.